The molecule has 0 spiro atoms. The van der Waals surface area contributed by atoms with Gasteiger partial charge in [-0.3, -0.25) is 4.79 Å². The maximum Gasteiger partial charge on any atom is 0.336 e. The van der Waals surface area contributed by atoms with E-state index in [0.717, 1.165) is 11.3 Å². The minimum atomic E-state index is -3.75. The van der Waals surface area contributed by atoms with Crippen LogP contribution in [0.25, 0.3) is 0 Å². The Morgan fingerprint density at radius 2 is 1.77 bits per heavy atom. The monoisotopic (exact) mass is 398 g/mol. The number of amides is 1. The molecule has 0 unspecified atom stereocenters. The van der Waals surface area contributed by atoms with Crippen LogP contribution in [0.2, 0.25) is 0 Å². The molecule has 1 saturated heterocycles. The molecular weight excluding hydrogens is 376 g/mol. The van der Waals surface area contributed by atoms with Gasteiger partial charge in [-0.15, -0.1) is 24.5 Å². The Morgan fingerprint density at radius 3 is 2.23 bits per heavy atom. The molecule has 0 aromatic carbocycles. The van der Waals surface area contributed by atoms with Gasteiger partial charge in [-0.1, -0.05) is 12.2 Å². The van der Waals surface area contributed by atoms with Crippen molar-refractivity contribution in [3.63, 3.8) is 0 Å². The van der Waals surface area contributed by atoms with Crippen LogP contribution in [0.1, 0.15) is 23.2 Å². The van der Waals surface area contributed by atoms with Crippen LogP contribution in [-0.2, 0) is 14.8 Å². The topological polar surface area (TPSA) is 95.0 Å². The first kappa shape index (κ1) is 20.3. The molecule has 1 N–H and O–H groups in total. The third kappa shape index (κ3) is 4.40. The molecule has 2 heterocycles. The van der Waals surface area contributed by atoms with Crippen LogP contribution in [0.3, 0.4) is 0 Å². The van der Waals surface area contributed by atoms with Gasteiger partial charge in [0, 0.05) is 37.5 Å². The highest BCUT2D eigenvalue weighted by Crippen LogP contribution is 2.25. The summed E-state index contributed by atoms with van der Waals surface area (Å²) in [6.45, 7) is 8.32. The summed E-state index contributed by atoms with van der Waals surface area (Å²) in [4.78, 5) is 25.2. The average molecular weight is 399 g/mol. The van der Waals surface area contributed by atoms with E-state index in [9.17, 15) is 18.0 Å². The molecule has 142 valence electrons. The standard InChI is InChI=1S/C17H22N2O5S2/c1-3-5-13(6-4-2)16(20)18-7-9-19(10-8-18)26(23,24)15-11-14(12-25-15)17(21)22/h3-4,11-13H,1-2,5-10H2,(H,21,22). The molecular formula is C17H22N2O5S2. The number of piperazine rings is 1. The summed E-state index contributed by atoms with van der Waals surface area (Å²) in [6, 6.07) is 1.17. The highest BCUT2D eigenvalue weighted by molar-refractivity contribution is 7.91. The van der Waals surface area contributed by atoms with Crippen LogP contribution in [0, 0.1) is 5.92 Å². The molecule has 0 saturated carbocycles. The molecule has 0 aliphatic carbocycles. The van der Waals surface area contributed by atoms with E-state index in [2.05, 4.69) is 13.2 Å². The molecule has 1 fully saturated rings. The Bertz CT molecular complexity index is 782. The zero-order chi connectivity index (χ0) is 19.3. The fraction of sp³-hybridized carbons (Fsp3) is 0.412. The fourth-order valence-electron chi connectivity index (χ4n) is 2.80. The number of allylic oxidation sites excluding steroid dienone is 2. The summed E-state index contributed by atoms with van der Waals surface area (Å²) in [5.41, 5.74) is -0.0425. The summed E-state index contributed by atoms with van der Waals surface area (Å²) >= 11 is 0.891. The zero-order valence-corrected chi connectivity index (χ0v) is 16.0. The maximum absolute atomic E-state index is 12.7. The van der Waals surface area contributed by atoms with Crippen molar-refractivity contribution in [2.24, 2.45) is 5.92 Å². The number of aromatic carboxylic acids is 1. The second kappa shape index (κ2) is 8.61. The number of hydrogen-bond donors (Lipinski definition) is 1. The number of sulfonamides is 1. The summed E-state index contributed by atoms with van der Waals surface area (Å²) in [6.07, 6.45) is 4.50. The van der Waals surface area contributed by atoms with E-state index < -0.39 is 16.0 Å². The van der Waals surface area contributed by atoms with Crippen molar-refractivity contribution in [2.75, 3.05) is 26.2 Å². The largest absolute Gasteiger partial charge is 0.478 e. The average Bonchev–Trinajstić information content (AvgIpc) is 3.12. The van der Waals surface area contributed by atoms with E-state index in [1.54, 1.807) is 17.1 Å². The Labute approximate surface area is 157 Å². The van der Waals surface area contributed by atoms with Crippen LogP contribution >= 0.6 is 11.3 Å². The van der Waals surface area contributed by atoms with Crippen molar-refractivity contribution in [3.8, 4) is 0 Å². The molecule has 0 radical (unpaired) electrons. The number of carbonyl (C=O) groups excluding carboxylic acids is 1. The van der Waals surface area contributed by atoms with Gasteiger partial charge in [-0.2, -0.15) is 4.31 Å². The molecule has 1 aliphatic heterocycles. The number of nitrogens with zero attached hydrogens (tertiary/aromatic N) is 2. The number of thiophene rings is 1. The Hall–Kier alpha value is -1.97. The predicted octanol–water partition coefficient (Wildman–Crippen LogP) is 2.05. The molecule has 1 aromatic heterocycles. The smallest absolute Gasteiger partial charge is 0.336 e. The van der Waals surface area contributed by atoms with Crippen molar-refractivity contribution < 1.29 is 23.1 Å². The van der Waals surface area contributed by atoms with Gasteiger partial charge < -0.3 is 10.0 Å². The van der Waals surface area contributed by atoms with E-state index >= 15 is 0 Å². The highest BCUT2D eigenvalue weighted by Gasteiger charge is 2.33. The molecule has 7 nitrogen and oxygen atoms in total. The van der Waals surface area contributed by atoms with Crippen molar-refractivity contribution in [2.45, 2.75) is 17.1 Å². The van der Waals surface area contributed by atoms with Crippen molar-refractivity contribution in [1.29, 1.82) is 0 Å². The molecule has 1 aromatic rings. The fourth-order valence-corrected chi connectivity index (χ4v) is 5.53. The van der Waals surface area contributed by atoms with Gasteiger partial charge in [0.2, 0.25) is 5.91 Å². The van der Waals surface area contributed by atoms with Gasteiger partial charge in [-0.25, -0.2) is 13.2 Å². The quantitative estimate of drug-likeness (QED) is 0.676. The number of carboxylic acids is 1. The molecule has 0 atom stereocenters. The van der Waals surface area contributed by atoms with Gasteiger partial charge in [-0.05, 0) is 18.9 Å². The molecule has 1 aliphatic rings. The van der Waals surface area contributed by atoms with Crippen molar-refractivity contribution in [1.82, 2.24) is 9.21 Å². The molecule has 2 rings (SSSR count). The molecule has 9 heteroatoms. The third-order valence-electron chi connectivity index (χ3n) is 4.22. The van der Waals surface area contributed by atoms with Crippen molar-refractivity contribution >= 4 is 33.2 Å². The summed E-state index contributed by atoms with van der Waals surface area (Å²) < 4.78 is 26.6. The van der Waals surface area contributed by atoms with Gasteiger partial charge in [0.15, 0.2) is 0 Å². The SMILES string of the molecule is C=CCC(CC=C)C(=O)N1CCN(S(=O)(=O)c2cc(C(=O)O)cs2)CC1. The number of carbonyl (C=O) groups is 2. The summed E-state index contributed by atoms with van der Waals surface area (Å²) in [5, 5.41) is 10.3. The lowest BCUT2D eigenvalue weighted by Gasteiger charge is -2.35. The Kier molecular flexibility index (Phi) is 6.74. The predicted molar refractivity (Wildman–Crippen MR) is 99.7 cm³/mol. The second-order valence-corrected chi connectivity index (χ2v) is 9.01. The third-order valence-corrected chi connectivity index (χ3v) is 7.53. The van der Waals surface area contributed by atoms with E-state index in [0.29, 0.717) is 25.9 Å². The normalized spacial score (nSPS) is 15.8. The second-order valence-electron chi connectivity index (χ2n) is 5.93. The van der Waals surface area contributed by atoms with Crippen LogP contribution in [0.5, 0.6) is 0 Å². The van der Waals surface area contributed by atoms with E-state index in [1.807, 2.05) is 0 Å². The summed E-state index contributed by atoms with van der Waals surface area (Å²) in [5.74, 6) is -1.40. The first-order chi connectivity index (χ1) is 12.3. The van der Waals surface area contributed by atoms with E-state index in [4.69, 9.17) is 5.11 Å². The van der Waals surface area contributed by atoms with E-state index in [-0.39, 0.29) is 34.7 Å². The Balaban J connectivity index is 2.04. The minimum absolute atomic E-state index is 0.00543. The van der Waals surface area contributed by atoms with Gasteiger partial charge >= 0.3 is 5.97 Å². The lowest BCUT2D eigenvalue weighted by Crippen LogP contribution is -2.51. The number of hydrogen-bond acceptors (Lipinski definition) is 5. The molecule has 0 bridgehead atoms. The van der Waals surface area contributed by atoms with Gasteiger partial charge in [0.25, 0.3) is 10.0 Å². The van der Waals surface area contributed by atoms with Crippen LogP contribution in [0.15, 0.2) is 41.0 Å². The maximum atomic E-state index is 12.7. The molecule has 1 amide bonds. The number of carboxylic acid groups (broad SMARTS) is 1. The van der Waals surface area contributed by atoms with Crippen molar-refractivity contribution in [3.05, 3.63) is 42.3 Å². The summed E-state index contributed by atoms with van der Waals surface area (Å²) in [7, 11) is -3.75. The molecule has 26 heavy (non-hydrogen) atoms. The lowest BCUT2D eigenvalue weighted by molar-refractivity contribution is -0.136. The lowest BCUT2D eigenvalue weighted by atomic mass is 9.99. The first-order valence-electron chi connectivity index (χ1n) is 8.13. The minimum Gasteiger partial charge on any atom is -0.478 e. The zero-order valence-electron chi connectivity index (χ0n) is 14.3. The van der Waals surface area contributed by atoms with Gasteiger partial charge in [0.05, 0.1) is 5.56 Å². The van der Waals surface area contributed by atoms with Gasteiger partial charge in [0.1, 0.15) is 4.21 Å². The number of rotatable bonds is 8. The van der Waals surface area contributed by atoms with Crippen LogP contribution in [0.4, 0.5) is 0 Å². The van der Waals surface area contributed by atoms with Crippen LogP contribution < -0.4 is 0 Å². The first-order valence-corrected chi connectivity index (χ1v) is 10.5. The highest BCUT2D eigenvalue weighted by atomic mass is 32.2. The Morgan fingerprint density at radius 1 is 1.19 bits per heavy atom. The van der Waals surface area contributed by atoms with Crippen LogP contribution in [-0.4, -0.2) is 60.8 Å². The van der Waals surface area contributed by atoms with E-state index in [1.165, 1.54) is 15.8 Å².